The summed E-state index contributed by atoms with van der Waals surface area (Å²) in [6, 6.07) is 10.1. The van der Waals surface area contributed by atoms with E-state index in [4.69, 9.17) is 17.3 Å². The minimum Gasteiger partial charge on any atom is -0.402 e. The molecule has 0 aliphatic carbocycles. The molecule has 1 aliphatic heterocycles. The van der Waals surface area contributed by atoms with Crippen molar-refractivity contribution in [2.75, 3.05) is 13.6 Å². The van der Waals surface area contributed by atoms with Crippen LogP contribution in [0.25, 0.3) is 0 Å². The lowest BCUT2D eigenvalue weighted by molar-refractivity contribution is -0.127. The summed E-state index contributed by atoms with van der Waals surface area (Å²) in [5, 5.41) is 0. The molecular weight excluding hydrogens is 378 g/mol. The zero-order valence-electron chi connectivity index (χ0n) is 15.4. The molecule has 3 rings (SSSR count). The second-order valence-corrected chi connectivity index (χ2v) is 8.26. The highest BCUT2D eigenvalue weighted by Gasteiger charge is 2.31. The quantitative estimate of drug-likeness (QED) is 0.614. The third-order valence-corrected chi connectivity index (χ3v) is 5.89. The van der Waals surface area contributed by atoms with E-state index in [-0.39, 0.29) is 11.8 Å². The van der Waals surface area contributed by atoms with Gasteiger partial charge in [-0.25, -0.2) is 0 Å². The van der Waals surface area contributed by atoms with Gasteiger partial charge in [-0.05, 0) is 36.3 Å². The number of allylic oxidation sites excluding steroid dienone is 2. The Balaban J connectivity index is 2.14. The van der Waals surface area contributed by atoms with Crippen LogP contribution >= 0.6 is 22.9 Å². The van der Waals surface area contributed by atoms with Crippen LogP contribution in [0.2, 0.25) is 4.34 Å². The van der Waals surface area contributed by atoms with Crippen molar-refractivity contribution in [3.05, 3.63) is 80.7 Å². The fourth-order valence-corrected chi connectivity index (χ4v) is 4.82. The number of thiophene rings is 1. The number of benzene rings is 1. The van der Waals surface area contributed by atoms with Crippen LogP contribution in [0.5, 0.6) is 0 Å². The van der Waals surface area contributed by atoms with Gasteiger partial charge in [0, 0.05) is 35.6 Å². The topological polar surface area (TPSA) is 58.7 Å². The van der Waals surface area contributed by atoms with Crippen molar-refractivity contribution in [1.82, 2.24) is 4.90 Å². The predicted octanol–water partition coefficient (Wildman–Crippen LogP) is 4.34. The molecular formula is C21H22ClN3OS. The van der Waals surface area contributed by atoms with Gasteiger partial charge in [-0.15, -0.1) is 11.3 Å². The first-order chi connectivity index (χ1) is 12.9. The molecule has 2 heterocycles. The fraction of sp³-hybridized carbons (Fsp3) is 0.238. The maximum absolute atomic E-state index is 12.3. The summed E-state index contributed by atoms with van der Waals surface area (Å²) in [7, 11) is 1.76. The zero-order chi connectivity index (χ0) is 19.6. The largest absolute Gasteiger partial charge is 0.402 e. The number of carbonyl (C=O) groups is 1. The van der Waals surface area contributed by atoms with Crippen molar-refractivity contribution in [2.24, 2.45) is 10.7 Å². The summed E-state index contributed by atoms with van der Waals surface area (Å²) in [5.74, 6) is -0.0597. The summed E-state index contributed by atoms with van der Waals surface area (Å²) < 4.78 is 0.734. The molecule has 1 aliphatic rings. The molecule has 4 nitrogen and oxygen atoms in total. The van der Waals surface area contributed by atoms with Gasteiger partial charge in [-0.3, -0.25) is 9.79 Å². The lowest BCUT2D eigenvalue weighted by Crippen LogP contribution is -2.37. The molecule has 1 aromatic heterocycles. The molecule has 2 N–H and O–H groups in total. The van der Waals surface area contributed by atoms with Crippen LogP contribution in [0.4, 0.5) is 0 Å². The first-order valence-electron chi connectivity index (χ1n) is 8.64. The fourth-order valence-electron chi connectivity index (χ4n) is 3.46. The number of aliphatic imine (C=N–C) groups is 1. The van der Waals surface area contributed by atoms with Crippen molar-refractivity contribution in [2.45, 2.75) is 19.4 Å². The highest BCUT2D eigenvalue weighted by atomic mass is 35.5. The molecule has 0 fully saturated rings. The average Bonchev–Trinajstić information content (AvgIpc) is 3.04. The first kappa shape index (κ1) is 19.4. The summed E-state index contributed by atoms with van der Waals surface area (Å²) in [4.78, 5) is 19.7. The van der Waals surface area contributed by atoms with Crippen LogP contribution in [-0.4, -0.2) is 30.1 Å². The van der Waals surface area contributed by atoms with E-state index < -0.39 is 0 Å². The summed E-state index contributed by atoms with van der Waals surface area (Å²) in [6.07, 6.45) is 3.23. The molecule has 1 atom stereocenters. The Morgan fingerprint density at radius 3 is 2.81 bits per heavy atom. The number of amides is 1. The number of fused-ring (bicyclic) bond motifs is 1. The van der Waals surface area contributed by atoms with E-state index in [0.717, 1.165) is 26.1 Å². The van der Waals surface area contributed by atoms with Crippen molar-refractivity contribution in [1.29, 1.82) is 0 Å². The second-order valence-electron chi connectivity index (χ2n) is 6.49. The van der Waals surface area contributed by atoms with Gasteiger partial charge in [0.05, 0.1) is 16.6 Å². The molecule has 27 heavy (non-hydrogen) atoms. The molecule has 1 aromatic carbocycles. The monoisotopic (exact) mass is 399 g/mol. The lowest BCUT2D eigenvalue weighted by Gasteiger charge is -2.33. The van der Waals surface area contributed by atoms with Crippen LogP contribution in [0.3, 0.4) is 0 Å². The Labute approximate surface area is 168 Å². The van der Waals surface area contributed by atoms with Gasteiger partial charge < -0.3 is 10.6 Å². The molecule has 0 bridgehead atoms. The third-order valence-electron chi connectivity index (χ3n) is 4.63. The highest BCUT2D eigenvalue weighted by Crippen LogP contribution is 2.41. The van der Waals surface area contributed by atoms with Crippen molar-refractivity contribution >= 4 is 34.6 Å². The Morgan fingerprint density at radius 2 is 2.15 bits per heavy atom. The van der Waals surface area contributed by atoms with Crippen molar-refractivity contribution in [3.63, 3.8) is 0 Å². The van der Waals surface area contributed by atoms with Gasteiger partial charge in [-0.1, -0.05) is 42.4 Å². The number of halogens is 1. The van der Waals surface area contributed by atoms with Gasteiger partial charge in [0.2, 0.25) is 5.91 Å². The normalized spacial score (nSPS) is 17.6. The van der Waals surface area contributed by atoms with E-state index in [2.05, 4.69) is 17.6 Å². The van der Waals surface area contributed by atoms with Crippen molar-refractivity contribution < 1.29 is 4.79 Å². The summed E-state index contributed by atoms with van der Waals surface area (Å²) in [5.41, 5.74) is 10.7. The molecule has 0 saturated heterocycles. The molecule has 1 amide bonds. The van der Waals surface area contributed by atoms with E-state index >= 15 is 0 Å². The number of hydrogen-bond donors (Lipinski definition) is 1. The number of nitrogens with zero attached hydrogens (tertiary/aromatic N) is 2. The molecule has 0 spiro atoms. The molecule has 6 heteroatoms. The van der Waals surface area contributed by atoms with Crippen LogP contribution in [-0.2, 0) is 11.3 Å². The van der Waals surface area contributed by atoms with Gasteiger partial charge in [0.15, 0.2) is 0 Å². The molecule has 0 radical (unpaired) electrons. The molecule has 0 unspecified atom stereocenters. The van der Waals surface area contributed by atoms with Gasteiger partial charge in [0.25, 0.3) is 0 Å². The third kappa shape index (κ3) is 3.99. The van der Waals surface area contributed by atoms with Crippen molar-refractivity contribution in [3.8, 4) is 0 Å². The minimum atomic E-state index is -0.0743. The highest BCUT2D eigenvalue weighted by molar-refractivity contribution is 7.16. The van der Waals surface area contributed by atoms with Crippen LogP contribution in [0, 0.1) is 0 Å². The first-order valence-corrected chi connectivity index (χ1v) is 9.83. The second kappa shape index (κ2) is 8.11. The van der Waals surface area contributed by atoms with E-state index in [1.54, 1.807) is 7.05 Å². The molecule has 2 aromatic rings. The standard InChI is InChI=1S/C21H22ClN3OS/c1-4-21(26)25-11-17(16-10-20(22)27-19(16)12-25)14-7-5-6-8-15(14)18(24-3)9-13(2)23/h4-10,17H,1,11-12,23H2,2-3H3/b13-9-,24-18?/t17-/m0/s1. The summed E-state index contributed by atoms with van der Waals surface area (Å²) in [6.45, 7) is 6.61. The molecule has 0 saturated carbocycles. The van der Waals surface area contributed by atoms with Gasteiger partial charge in [0.1, 0.15) is 0 Å². The Morgan fingerprint density at radius 1 is 1.41 bits per heavy atom. The zero-order valence-corrected chi connectivity index (χ0v) is 17.0. The van der Waals surface area contributed by atoms with E-state index in [1.807, 2.05) is 42.2 Å². The lowest BCUT2D eigenvalue weighted by atomic mass is 9.84. The maximum atomic E-state index is 12.3. The summed E-state index contributed by atoms with van der Waals surface area (Å²) >= 11 is 7.83. The minimum absolute atomic E-state index is 0.0147. The Hall–Kier alpha value is -2.37. The average molecular weight is 400 g/mol. The number of carbonyl (C=O) groups excluding carboxylic acids is 1. The van der Waals surface area contributed by atoms with E-state index in [0.29, 0.717) is 18.8 Å². The number of rotatable bonds is 4. The van der Waals surface area contributed by atoms with Gasteiger partial charge >= 0.3 is 0 Å². The van der Waals surface area contributed by atoms with E-state index in [9.17, 15) is 4.79 Å². The number of nitrogens with two attached hydrogens (primary N) is 1. The Kier molecular flexibility index (Phi) is 5.82. The smallest absolute Gasteiger partial charge is 0.246 e. The maximum Gasteiger partial charge on any atom is 0.246 e. The Bertz CT molecular complexity index is 941. The SMILES string of the molecule is C=CC(=O)N1Cc2sc(Cl)cc2[C@H](c2ccccc2C(/C=C(/C)N)=NC)C1. The van der Waals surface area contributed by atoms with Crippen LogP contribution < -0.4 is 5.73 Å². The van der Waals surface area contributed by atoms with Crippen LogP contribution in [0.15, 0.2) is 59.8 Å². The number of hydrogen-bond acceptors (Lipinski definition) is 4. The van der Waals surface area contributed by atoms with Crippen LogP contribution in [0.1, 0.15) is 34.4 Å². The molecule has 140 valence electrons. The predicted molar refractivity (Wildman–Crippen MR) is 114 cm³/mol. The van der Waals surface area contributed by atoms with Gasteiger partial charge in [-0.2, -0.15) is 0 Å². The van der Waals surface area contributed by atoms with E-state index in [1.165, 1.54) is 23.0 Å².